The van der Waals surface area contributed by atoms with Crippen LogP contribution in [-0.2, 0) is 0 Å². The second-order valence-electron chi connectivity index (χ2n) is 4.41. The van der Waals surface area contributed by atoms with Gasteiger partial charge in [-0.2, -0.15) is 0 Å². The lowest BCUT2D eigenvalue weighted by atomic mass is 9.79. The number of Topliss-reactive ketones (excluding diaryl/α,β-unsaturated/α-hetero) is 1. The van der Waals surface area contributed by atoms with Crippen LogP contribution in [0.1, 0.15) is 36.2 Å². The SMILES string of the molecule is CCC(C)(CN)C(=O)c1cc(F)ccc1C. The van der Waals surface area contributed by atoms with Gasteiger partial charge in [0.15, 0.2) is 5.78 Å². The van der Waals surface area contributed by atoms with E-state index in [0.29, 0.717) is 12.0 Å². The second kappa shape index (κ2) is 4.74. The highest BCUT2D eigenvalue weighted by atomic mass is 19.1. The second-order valence-corrected chi connectivity index (χ2v) is 4.41. The molecule has 88 valence electrons. The highest BCUT2D eigenvalue weighted by molar-refractivity contribution is 6.01. The van der Waals surface area contributed by atoms with E-state index in [2.05, 4.69) is 0 Å². The number of carbonyl (C=O) groups is 1. The van der Waals surface area contributed by atoms with Crippen molar-refractivity contribution in [3.05, 3.63) is 35.1 Å². The predicted molar refractivity (Wildman–Crippen MR) is 62.9 cm³/mol. The molecule has 0 aliphatic heterocycles. The Morgan fingerprint density at radius 2 is 2.12 bits per heavy atom. The summed E-state index contributed by atoms with van der Waals surface area (Å²) in [5.41, 5.74) is 6.26. The predicted octanol–water partition coefficient (Wildman–Crippen LogP) is 2.69. The fourth-order valence-electron chi connectivity index (χ4n) is 1.56. The number of benzene rings is 1. The van der Waals surface area contributed by atoms with Crippen LogP contribution in [0, 0.1) is 18.2 Å². The van der Waals surface area contributed by atoms with Gasteiger partial charge in [-0.25, -0.2) is 4.39 Å². The third-order valence-electron chi connectivity index (χ3n) is 3.22. The Bertz CT molecular complexity index is 397. The van der Waals surface area contributed by atoms with E-state index >= 15 is 0 Å². The molecule has 0 amide bonds. The highest BCUT2D eigenvalue weighted by Crippen LogP contribution is 2.27. The molecule has 1 aromatic carbocycles. The quantitative estimate of drug-likeness (QED) is 0.797. The summed E-state index contributed by atoms with van der Waals surface area (Å²) in [6, 6.07) is 4.27. The largest absolute Gasteiger partial charge is 0.329 e. The van der Waals surface area contributed by atoms with E-state index < -0.39 is 5.41 Å². The summed E-state index contributed by atoms with van der Waals surface area (Å²) < 4.78 is 13.1. The molecule has 1 unspecified atom stereocenters. The molecule has 0 fully saturated rings. The number of nitrogens with two attached hydrogens (primary N) is 1. The fraction of sp³-hybridized carbons (Fsp3) is 0.462. The molecule has 0 aromatic heterocycles. The van der Waals surface area contributed by atoms with E-state index in [4.69, 9.17) is 5.73 Å². The van der Waals surface area contributed by atoms with E-state index in [1.807, 2.05) is 13.8 Å². The van der Waals surface area contributed by atoms with Gasteiger partial charge >= 0.3 is 0 Å². The highest BCUT2D eigenvalue weighted by Gasteiger charge is 2.31. The molecule has 0 bridgehead atoms. The Balaban J connectivity index is 3.18. The number of carbonyl (C=O) groups excluding carboxylic acids is 1. The Morgan fingerprint density at radius 3 is 2.62 bits per heavy atom. The van der Waals surface area contributed by atoms with E-state index in [9.17, 15) is 9.18 Å². The number of rotatable bonds is 4. The molecule has 3 heteroatoms. The molecule has 0 radical (unpaired) electrons. The van der Waals surface area contributed by atoms with Crippen LogP contribution < -0.4 is 5.73 Å². The topological polar surface area (TPSA) is 43.1 Å². The zero-order valence-corrected chi connectivity index (χ0v) is 10.0. The molecule has 2 N–H and O–H groups in total. The van der Waals surface area contributed by atoms with Crippen LogP contribution in [0.15, 0.2) is 18.2 Å². The fourth-order valence-corrected chi connectivity index (χ4v) is 1.56. The summed E-state index contributed by atoms with van der Waals surface area (Å²) in [4.78, 5) is 12.3. The normalized spacial score (nSPS) is 14.6. The van der Waals surface area contributed by atoms with Crippen LogP contribution in [0.3, 0.4) is 0 Å². The number of ketones is 1. The van der Waals surface area contributed by atoms with Crippen LogP contribution in [-0.4, -0.2) is 12.3 Å². The molecule has 1 atom stereocenters. The molecule has 0 saturated carbocycles. The number of aryl methyl sites for hydroxylation is 1. The summed E-state index contributed by atoms with van der Waals surface area (Å²) in [6.07, 6.45) is 0.651. The standard InChI is InChI=1S/C13H18FNO/c1-4-13(3,8-15)12(16)11-7-10(14)6-5-9(11)2/h5-7H,4,8,15H2,1-3H3. The van der Waals surface area contributed by atoms with Crippen molar-refractivity contribution in [2.24, 2.45) is 11.1 Å². The lowest BCUT2D eigenvalue weighted by Gasteiger charge is -2.25. The van der Waals surface area contributed by atoms with Crippen LogP contribution >= 0.6 is 0 Å². The minimum absolute atomic E-state index is 0.0745. The number of hydrogen-bond donors (Lipinski definition) is 1. The molecule has 0 heterocycles. The minimum atomic E-state index is -0.599. The molecule has 0 aliphatic rings. The van der Waals surface area contributed by atoms with Crippen LogP contribution in [0.2, 0.25) is 0 Å². The van der Waals surface area contributed by atoms with Crippen molar-refractivity contribution in [2.45, 2.75) is 27.2 Å². The average molecular weight is 223 g/mol. The van der Waals surface area contributed by atoms with Gasteiger partial charge in [0.2, 0.25) is 0 Å². The van der Waals surface area contributed by atoms with E-state index in [1.54, 1.807) is 13.0 Å². The number of halogens is 1. The van der Waals surface area contributed by atoms with Crippen molar-refractivity contribution in [2.75, 3.05) is 6.54 Å². The summed E-state index contributed by atoms with van der Waals surface area (Å²) >= 11 is 0. The lowest BCUT2D eigenvalue weighted by Crippen LogP contribution is -2.35. The van der Waals surface area contributed by atoms with Crippen molar-refractivity contribution in [1.82, 2.24) is 0 Å². The average Bonchev–Trinajstić information content (AvgIpc) is 2.30. The van der Waals surface area contributed by atoms with Gasteiger partial charge in [0, 0.05) is 17.5 Å². The molecule has 0 aliphatic carbocycles. The maximum absolute atomic E-state index is 13.1. The smallest absolute Gasteiger partial charge is 0.170 e. The van der Waals surface area contributed by atoms with Crippen molar-refractivity contribution >= 4 is 5.78 Å². The van der Waals surface area contributed by atoms with Gasteiger partial charge in [0.05, 0.1) is 0 Å². The minimum Gasteiger partial charge on any atom is -0.329 e. The Morgan fingerprint density at radius 1 is 1.50 bits per heavy atom. The molecule has 1 aromatic rings. The Kier molecular flexibility index (Phi) is 3.81. The van der Waals surface area contributed by atoms with Gasteiger partial charge in [0.25, 0.3) is 0 Å². The molecule has 1 rings (SSSR count). The van der Waals surface area contributed by atoms with Crippen molar-refractivity contribution in [3.63, 3.8) is 0 Å². The monoisotopic (exact) mass is 223 g/mol. The van der Waals surface area contributed by atoms with Gasteiger partial charge in [0.1, 0.15) is 5.82 Å². The Hall–Kier alpha value is -1.22. The lowest BCUT2D eigenvalue weighted by molar-refractivity contribution is 0.0819. The van der Waals surface area contributed by atoms with Crippen LogP contribution in [0.4, 0.5) is 4.39 Å². The molecular weight excluding hydrogens is 205 g/mol. The third kappa shape index (κ3) is 2.30. The maximum Gasteiger partial charge on any atom is 0.170 e. The Labute approximate surface area is 95.7 Å². The third-order valence-corrected chi connectivity index (χ3v) is 3.22. The zero-order chi connectivity index (χ0) is 12.3. The molecule has 2 nitrogen and oxygen atoms in total. The van der Waals surface area contributed by atoms with Crippen molar-refractivity contribution in [3.8, 4) is 0 Å². The van der Waals surface area contributed by atoms with Crippen LogP contribution in [0.5, 0.6) is 0 Å². The first kappa shape index (κ1) is 12.8. The molecular formula is C13H18FNO. The van der Waals surface area contributed by atoms with Gasteiger partial charge in [-0.1, -0.05) is 19.9 Å². The van der Waals surface area contributed by atoms with E-state index in [-0.39, 0.29) is 18.1 Å². The van der Waals surface area contributed by atoms with Gasteiger partial charge in [-0.15, -0.1) is 0 Å². The first-order valence-corrected chi connectivity index (χ1v) is 5.45. The van der Waals surface area contributed by atoms with Gasteiger partial charge in [-0.05, 0) is 31.0 Å². The zero-order valence-electron chi connectivity index (χ0n) is 10.0. The van der Waals surface area contributed by atoms with Crippen molar-refractivity contribution in [1.29, 1.82) is 0 Å². The first-order chi connectivity index (χ1) is 7.44. The van der Waals surface area contributed by atoms with Gasteiger partial charge in [-0.3, -0.25) is 4.79 Å². The maximum atomic E-state index is 13.1. The summed E-state index contributed by atoms with van der Waals surface area (Å²) in [5, 5.41) is 0. The summed E-state index contributed by atoms with van der Waals surface area (Å²) in [6.45, 7) is 5.82. The molecule has 0 saturated heterocycles. The first-order valence-electron chi connectivity index (χ1n) is 5.45. The van der Waals surface area contributed by atoms with E-state index in [1.165, 1.54) is 12.1 Å². The van der Waals surface area contributed by atoms with E-state index in [0.717, 1.165) is 5.56 Å². The van der Waals surface area contributed by atoms with Gasteiger partial charge < -0.3 is 5.73 Å². The summed E-state index contributed by atoms with van der Waals surface area (Å²) in [5.74, 6) is -0.459. The molecule has 0 spiro atoms. The molecule has 16 heavy (non-hydrogen) atoms. The summed E-state index contributed by atoms with van der Waals surface area (Å²) in [7, 11) is 0. The van der Waals surface area contributed by atoms with Crippen LogP contribution in [0.25, 0.3) is 0 Å². The van der Waals surface area contributed by atoms with Crippen molar-refractivity contribution < 1.29 is 9.18 Å². The number of hydrogen-bond acceptors (Lipinski definition) is 2.